The van der Waals surface area contributed by atoms with Gasteiger partial charge in [-0.15, -0.1) is 0 Å². The molecule has 1 aliphatic heterocycles. The van der Waals surface area contributed by atoms with Gasteiger partial charge in [0.1, 0.15) is 18.2 Å². The number of benzene rings is 1. The molecular weight excluding hydrogens is 333 g/mol. The lowest BCUT2D eigenvalue weighted by Crippen LogP contribution is -2.29. The van der Waals surface area contributed by atoms with Gasteiger partial charge < -0.3 is 10.1 Å². The van der Waals surface area contributed by atoms with E-state index in [0.29, 0.717) is 18.9 Å². The Balaban J connectivity index is 1.56. The average Bonchev–Trinajstić information content (AvgIpc) is 3.10. The predicted molar refractivity (Wildman–Crippen MR) is 97.2 cm³/mol. The lowest BCUT2D eigenvalue weighted by atomic mass is 10.1. The smallest absolute Gasteiger partial charge is 0.217 e. The summed E-state index contributed by atoms with van der Waals surface area (Å²) < 4.78 is 18.7. The van der Waals surface area contributed by atoms with Gasteiger partial charge in [0, 0.05) is 13.5 Å². The molecule has 1 atom stereocenters. The van der Waals surface area contributed by atoms with Crippen LogP contribution in [0.5, 0.6) is 5.75 Å². The summed E-state index contributed by atoms with van der Waals surface area (Å²) in [5, 5.41) is 2.79. The number of carbonyl (C=O) groups excluding carboxylic acids is 1. The lowest BCUT2D eigenvalue weighted by molar-refractivity contribution is -0.119. The summed E-state index contributed by atoms with van der Waals surface area (Å²) >= 11 is 0. The average molecular weight is 357 g/mol. The zero-order valence-corrected chi connectivity index (χ0v) is 15.0. The third kappa shape index (κ3) is 5.02. The maximum Gasteiger partial charge on any atom is 0.217 e. The molecule has 1 saturated heterocycles. The van der Waals surface area contributed by atoms with Crippen molar-refractivity contribution < 1.29 is 13.9 Å². The Morgan fingerprint density at radius 2 is 2.12 bits per heavy atom. The Bertz CT molecular complexity index is 736. The Hall–Kier alpha value is -2.47. The molecule has 0 spiro atoms. The van der Waals surface area contributed by atoms with Crippen molar-refractivity contribution in [2.24, 2.45) is 0 Å². The highest BCUT2D eigenvalue weighted by atomic mass is 19.1. The first-order valence-electron chi connectivity index (χ1n) is 8.94. The molecule has 1 aromatic heterocycles. The van der Waals surface area contributed by atoms with Gasteiger partial charge in [0.15, 0.2) is 0 Å². The molecule has 26 heavy (non-hydrogen) atoms. The summed E-state index contributed by atoms with van der Waals surface area (Å²) in [6.45, 7) is 4.30. The van der Waals surface area contributed by atoms with E-state index in [2.05, 4.69) is 10.2 Å². The molecule has 1 unspecified atom stereocenters. The number of pyridine rings is 1. The Morgan fingerprint density at radius 1 is 1.31 bits per heavy atom. The van der Waals surface area contributed by atoms with Crippen LogP contribution in [0.25, 0.3) is 0 Å². The molecule has 138 valence electrons. The van der Waals surface area contributed by atoms with Gasteiger partial charge in [0.25, 0.3) is 0 Å². The second kappa shape index (κ2) is 8.76. The summed E-state index contributed by atoms with van der Waals surface area (Å²) in [5.41, 5.74) is 1.90. The monoisotopic (exact) mass is 357 g/mol. The van der Waals surface area contributed by atoms with Crippen LogP contribution in [0.4, 0.5) is 4.39 Å². The minimum absolute atomic E-state index is 0.0577. The van der Waals surface area contributed by atoms with Crippen LogP contribution in [0.15, 0.2) is 42.5 Å². The van der Waals surface area contributed by atoms with E-state index in [1.54, 1.807) is 12.1 Å². The third-order valence-electron chi connectivity index (χ3n) is 4.51. The number of carbonyl (C=O) groups is 1. The molecular formula is C20H24FN3O2. The van der Waals surface area contributed by atoms with Crippen LogP contribution >= 0.6 is 0 Å². The topological polar surface area (TPSA) is 54.5 Å². The number of halogens is 1. The van der Waals surface area contributed by atoms with Gasteiger partial charge >= 0.3 is 0 Å². The Labute approximate surface area is 153 Å². The summed E-state index contributed by atoms with van der Waals surface area (Å²) in [4.78, 5) is 18.2. The normalized spacial score (nSPS) is 17.2. The molecule has 0 aliphatic carbocycles. The summed E-state index contributed by atoms with van der Waals surface area (Å²) in [5.74, 6) is 0.359. The van der Waals surface area contributed by atoms with Gasteiger partial charge in [0.05, 0.1) is 24.0 Å². The molecule has 1 aliphatic rings. The molecule has 2 aromatic rings. The van der Waals surface area contributed by atoms with E-state index in [1.165, 1.54) is 19.1 Å². The fourth-order valence-electron chi connectivity index (χ4n) is 3.24. The zero-order chi connectivity index (χ0) is 18.4. The van der Waals surface area contributed by atoms with E-state index in [4.69, 9.17) is 9.72 Å². The van der Waals surface area contributed by atoms with Crippen LogP contribution in [-0.4, -0.2) is 35.5 Å². The highest BCUT2D eigenvalue weighted by molar-refractivity contribution is 5.72. The van der Waals surface area contributed by atoms with Crippen molar-refractivity contribution in [3.05, 3.63) is 59.7 Å². The van der Waals surface area contributed by atoms with E-state index in [0.717, 1.165) is 37.3 Å². The highest BCUT2D eigenvalue weighted by Gasteiger charge is 2.26. The number of hydrogen-bond acceptors (Lipinski definition) is 4. The van der Waals surface area contributed by atoms with Crippen molar-refractivity contribution in [3.63, 3.8) is 0 Å². The van der Waals surface area contributed by atoms with Crippen LogP contribution in [0.1, 0.15) is 37.2 Å². The van der Waals surface area contributed by atoms with Crippen LogP contribution in [0.3, 0.4) is 0 Å². The van der Waals surface area contributed by atoms with Crippen molar-refractivity contribution >= 4 is 5.91 Å². The summed E-state index contributed by atoms with van der Waals surface area (Å²) in [6.07, 6.45) is 2.19. The van der Waals surface area contributed by atoms with Crippen molar-refractivity contribution in [1.29, 1.82) is 0 Å². The van der Waals surface area contributed by atoms with Crippen molar-refractivity contribution in [2.75, 3.05) is 19.7 Å². The zero-order valence-electron chi connectivity index (χ0n) is 15.0. The number of nitrogens with zero attached hydrogens (tertiary/aromatic N) is 2. The number of rotatable bonds is 7. The molecule has 1 N–H and O–H groups in total. The van der Waals surface area contributed by atoms with Crippen molar-refractivity contribution in [1.82, 2.24) is 15.2 Å². The predicted octanol–water partition coefficient (Wildman–Crippen LogP) is 3.07. The third-order valence-corrected chi connectivity index (χ3v) is 4.51. The number of likely N-dealkylation sites (tertiary alicyclic amines) is 1. The SMILES string of the molecule is CC(=O)NCc1cccc(C2CCCN2CCOc2ccc(F)cc2)n1. The minimum atomic E-state index is -0.262. The number of amides is 1. The molecule has 1 amide bonds. The van der Waals surface area contributed by atoms with Crippen LogP contribution in [0.2, 0.25) is 0 Å². The lowest BCUT2D eigenvalue weighted by Gasteiger charge is -2.24. The molecule has 2 heterocycles. The maximum absolute atomic E-state index is 12.9. The molecule has 1 fully saturated rings. The first kappa shape index (κ1) is 18.3. The van der Waals surface area contributed by atoms with Gasteiger partial charge in [-0.05, 0) is 55.8 Å². The van der Waals surface area contributed by atoms with E-state index < -0.39 is 0 Å². The molecule has 5 nitrogen and oxygen atoms in total. The van der Waals surface area contributed by atoms with Gasteiger partial charge in [-0.2, -0.15) is 0 Å². The standard InChI is InChI=1S/C20H24FN3O2/c1-15(25)22-14-17-4-2-5-19(23-17)20-6-3-11-24(20)12-13-26-18-9-7-16(21)8-10-18/h2,4-5,7-10,20H,3,6,11-14H2,1H3,(H,22,25). The molecule has 6 heteroatoms. The fraction of sp³-hybridized carbons (Fsp3) is 0.400. The molecule has 1 aromatic carbocycles. The molecule has 3 rings (SSSR count). The second-order valence-electron chi connectivity index (χ2n) is 6.46. The summed E-state index contributed by atoms with van der Waals surface area (Å²) in [6, 6.07) is 12.3. The largest absolute Gasteiger partial charge is 0.492 e. The molecule has 0 radical (unpaired) electrons. The first-order chi connectivity index (χ1) is 12.6. The second-order valence-corrected chi connectivity index (χ2v) is 6.46. The van der Waals surface area contributed by atoms with E-state index in [1.807, 2.05) is 18.2 Å². The van der Waals surface area contributed by atoms with Gasteiger partial charge in [0.2, 0.25) is 5.91 Å². The Morgan fingerprint density at radius 3 is 2.88 bits per heavy atom. The van der Waals surface area contributed by atoms with Crippen LogP contribution in [0, 0.1) is 5.82 Å². The van der Waals surface area contributed by atoms with Crippen molar-refractivity contribution in [3.8, 4) is 5.75 Å². The number of aromatic nitrogens is 1. The van der Waals surface area contributed by atoms with E-state index in [-0.39, 0.29) is 17.8 Å². The molecule has 0 saturated carbocycles. The van der Waals surface area contributed by atoms with E-state index in [9.17, 15) is 9.18 Å². The Kier molecular flexibility index (Phi) is 6.17. The van der Waals surface area contributed by atoms with Crippen molar-refractivity contribution in [2.45, 2.75) is 32.4 Å². The highest BCUT2D eigenvalue weighted by Crippen LogP contribution is 2.30. The first-order valence-corrected chi connectivity index (χ1v) is 8.94. The molecule has 0 bridgehead atoms. The van der Waals surface area contributed by atoms with Gasteiger partial charge in [-0.1, -0.05) is 6.07 Å². The van der Waals surface area contributed by atoms with Gasteiger partial charge in [-0.3, -0.25) is 14.7 Å². The number of ether oxygens (including phenoxy) is 1. The fourth-order valence-corrected chi connectivity index (χ4v) is 3.24. The van der Waals surface area contributed by atoms with Crippen LogP contribution < -0.4 is 10.1 Å². The quantitative estimate of drug-likeness (QED) is 0.827. The minimum Gasteiger partial charge on any atom is -0.492 e. The van der Waals surface area contributed by atoms with E-state index >= 15 is 0 Å². The number of nitrogens with one attached hydrogen (secondary N) is 1. The number of hydrogen-bond donors (Lipinski definition) is 1. The summed E-state index contributed by atoms with van der Waals surface area (Å²) in [7, 11) is 0. The van der Waals surface area contributed by atoms with Crippen LogP contribution in [-0.2, 0) is 11.3 Å². The maximum atomic E-state index is 12.9. The van der Waals surface area contributed by atoms with Gasteiger partial charge in [-0.25, -0.2) is 4.39 Å².